The number of hydrogen-bond donors (Lipinski definition) is 1. The number of benzene rings is 1. The molecule has 0 radical (unpaired) electrons. The molecule has 5 heteroatoms. The Kier molecular flexibility index (Phi) is 5.51. The number of para-hydroxylation sites is 1. The largest absolute Gasteiger partial charge is 0.493 e. The molecule has 0 heterocycles. The molecule has 2 nitrogen and oxygen atoms in total. The summed E-state index contributed by atoms with van der Waals surface area (Å²) in [4.78, 5) is 0. The van der Waals surface area contributed by atoms with E-state index >= 15 is 0 Å². The predicted molar refractivity (Wildman–Crippen MR) is 76.4 cm³/mol. The number of rotatable bonds is 6. The third-order valence-electron chi connectivity index (χ3n) is 4.06. The fourth-order valence-electron chi connectivity index (χ4n) is 3.06. The Morgan fingerprint density at radius 2 is 2.00 bits per heavy atom. The first-order valence-electron chi connectivity index (χ1n) is 7.54. The van der Waals surface area contributed by atoms with Gasteiger partial charge in [-0.15, -0.1) is 0 Å². The van der Waals surface area contributed by atoms with Crippen LogP contribution in [-0.2, 0) is 6.18 Å². The highest BCUT2D eigenvalue weighted by atomic mass is 19.4. The maximum atomic E-state index is 12.8. The number of alkyl halides is 3. The van der Waals surface area contributed by atoms with Gasteiger partial charge in [0.05, 0.1) is 12.2 Å². The fraction of sp³-hybridized carbons (Fsp3) is 0.625. The summed E-state index contributed by atoms with van der Waals surface area (Å²) < 4.78 is 44.0. The van der Waals surface area contributed by atoms with Crippen LogP contribution in [0.5, 0.6) is 5.75 Å². The Labute approximate surface area is 123 Å². The van der Waals surface area contributed by atoms with Gasteiger partial charge >= 0.3 is 6.18 Å². The maximum absolute atomic E-state index is 12.8. The van der Waals surface area contributed by atoms with Crippen molar-refractivity contribution in [1.82, 2.24) is 5.32 Å². The van der Waals surface area contributed by atoms with E-state index in [1.54, 1.807) is 6.07 Å². The number of hydrogen-bond acceptors (Lipinski definition) is 2. The molecule has 1 fully saturated rings. The van der Waals surface area contributed by atoms with Gasteiger partial charge in [-0.25, -0.2) is 0 Å². The molecule has 2 unspecified atom stereocenters. The van der Waals surface area contributed by atoms with Crippen LogP contribution in [0.15, 0.2) is 24.3 Å². The number of halogens is 3. The molecule has 0 saturated heterocycles. The molecule has 0 bridgehead atoms. The lowest BCUT2D eigenvalue weighted by Gasteiger charge is -2.21. The Hall–Kier alpha value is -1.23. The highest BCUT2D eigenvalue weighted by molar-refractivity contribution is 5.35. The van der Waals surface area contributed by atoms with Crippen molar-refractivity contribution in [2.75, 3.05) is 13.2 Å². The van der Waals surface area contributed by atoms with Crippen LogP contribution in [0.25, 0.3) is 0 Å². The summed E-state index contributed by atoms with van der Waals surface area (Å²) in [5.41, 5.74) is -0.695. The maximum Gasteiger partial charge on any atom is 0.419 e. The zero-order chi connectivity index (χ0) is 15.3. The van der Waals surface area contributed by atoms with Crippen LogP contribution < -0.4 is 10.1 Å². The van der Waals surface area contributed by atoms with Crippen molar-refractivity contribution < 1.29 is 17.9 Å². The molecule has 1 N–H and O–H groups in total. The first kappa shape index (κ1) is 16.1. The van der Waals surface area contributed by atoms with E-state index in [0.717, 1.165) is 31.9 Å². The van der Waals surface area contributed by atoms with Crippen LogP contribution in [0.2, 0.25) is 0 Å². The molecule has 0 spiro atoms. The van der Waals surface area contributed by atoms with Crippen LogP contribution in [-0.4, -0.2) is 19.2 Å². The lowest BCUT2D eigenvalue weighted by molar-refractivity contribution is -0.139. The minimum Gasteiger partial charge on any atom is -0.493 e. The second kappa shape index (κ2) is 7.16. The van der Waals surface area contributed by atoms with Crippen LogP contribution in [0.4, 0.5) is 13.2 Å². The smallest absolute Gasteiger partial charge is 0.419 e. The highest BCUT2D eigenvalue weighted by Crippen LogP contribution is 2.36. The summed E-state index contributed by atoms with van der Waals surface area (Å²) >= 11 is 0. The van der Waals surface area contributed by atoms with E-state index < -0.39 is 11.7 Å². The van der Waals surface area contributed by atoms with E-state index in [4.69, 9.17) is 4.74 Å². The molecule has 0 aromatic heterocycles. The SMILES string of the molecule is CCNC1CCCC1CCOc1ccccc1C(F)(F)F. The summed E-state index contributed by atoms with van der Waals surface area (Å²) in [6, 6.07) is 5.89. The van der Waals surface area contributed by atoms with Gasteiger partial charge in [0.1, 0.15) is 5.75 Å². The van der Waals surface area contributed by atoms with E-state index in [2.05, 4.69) is 12.2 Å². The van der Waals surface area contributed by atoms with Crippen molar-refractivity contribution in [2.24, 2.45) is 5.92 Å². The average Bonchev–Trinajstić information content (AvgIpc) is 2.86. The first-order valence-corrected chi connectivity index (χ1v) is 7.54. The highest BCUT2D eigenvalue weighted by Gasteiger charge is 2.34. The summed E-state index contributed by atoms with van der Waals surface area (Å²) in [6.07, 6.45) is -0.110. The summed E-state index contributed by atoms with van der Waals surface area (Å²) in [7, 11) is 0. The Balaban J connectivity index is 1.89. The third-order valence-corrected chi connectivity index (χ3v) is 4.06. The Morgan fingerprint density at radius 1 is 1.24 bits per heavy atom. The summed E-state index contributed by atoms with van der Waals surface area (Å²) in [5.74, 6) is 0.436. The molecule has 0 amide bonds. The molecule has 118 valence electrons. The van der Waals surface area contributed by atoms with Gasteiger partial charge in [-0.1, -0.05) is 25.5 Å². The van der Waals surface area contributed by atoms with Crippen LogP contribution in [0.1, 0.15) is 38.2 Å². The van der Waals surface area contributed by atoms with E-state index in [-0.39, 0.29) is 5.75 Å². The van der Waals surface area contributed by atoms with Crippen LogP contribution in [0, 0.1) is 5.92 Å². The molecule has 0 aliphatic heterocycles. The quantitative estimate of drug-likeness (QED) is 0.848. The van der Waals surface area contributed by atoms with Crippen molar-refractivity contribution in [3.63, 3.8) is 0 Å². The van der Waals surface area contributed by atoms with E-state index in [1.165, 1.54) is 18.6 Å². The standard InChI is InChI=1S/C16H22F3NO/c1-2-20-14-8-5-6-12(14)10-11-21-15-9-4-3-7-13(15)16(17,18)19/h3-4,7,9,12,14,20H,2,5-6,8,10-11H2,1H3. The lowest BCUT2D eigenvalue weighted by atomic mass is 10.00. The van der Waals surface area contributed by atoms with Crippen molar-refractivity contribution in [2.45, 2.75) is 44.8 Å². The molecule has 1 saturated carbocycles. The molecule has 21 heavy (non-hydrogen) atoms. The zero-order valence-electron chi connectivity index (χ0n) is 12.2. The van der Waals surface area contributed by atoms with Gasteiger partial charge in [-0.05, 0) is 43.9 Å². The second-order valence-electron chi connectivity index (χ2n) is 5.49. The molecule has 2 atom stereocenters. The Bertz CT molecular complexity index is 447. The van der Waals surface area contributed by atoms with Gasteiger partial charge in [-0.2, -0.15) is 13.2 Å². The first-order chi connectivity index (χ1) is 10.0. The van der Waals surface area contributed by atoms with Gasteiger partial charge in [0.25, 0.3) is 0 Å². The third kappa shape index (κ3) is 4.37. The van der Waals surface area contributed by atoms with Gasteiger partial charge < -0.3 is 10.1 Å². The minimum absolute atomic E-state index is 0.0667. The molecule has 1 aromatic carbocycles. The molecular weight excluding hydrogens is 279 g/mol. The molecule has 1 aliphatic carbocycles. The topological polar surface area (TPSA) is 21.3 Å². The van der Waals surface area contributed by atoms with Crippen molar-refractivity contribution >= 4 is 0 Å². The normalized spacial score (nSPS) is 22.5. The number of nitrogens with one attached hydrogen (secondary N) is 1. The summed E-state index contributed by atoms with van der Waals surface area (Å²) in [6.45, 7) is 3.34. The predicted octanol–water partition coefficient (Wildman–Crippen LogP) is 4.25. The van der Waals surface area contributed by atoms with Crippen molar-refractivity contribution in [3.05, 3.63) is 29.8 Å². The van der Waals surface area contributed by atoms with Crippen LogP contribution >= 0.6 is 0 Å². The lowest BCUT2D eigenvalue weighted by Crippen LogP contribution is -2.32. The van der Waals surface area contributed by atoms with Crippen molar-refractivity contribution in [1.29, 1.82) is 0 Å². The molecular formula is C16H22F3NO. The van der Waals surface area contributed by atoms with Gasteiger partial charge in [0.15, 0.2) is 0 Å². The minimum atomic E-state index is -4.36. The van der Waals surface area contributed by atoms with E-state index in [0.29, 0.717) is 18.6 Å². The van der Waals surface area contributed by atoms with Gasteiger partial charge in [-0.3, -0.25) is 0 Å². The monoisotopic (exact) mass is 301 g/mol. The van der Waals surface area contributed by atoms with E-state index in [9.17, 15) is 13.2 Å². The molecule has 2 rings (SSSR count). The van der Waals surface area contributed by atoms with Crippen molar-refractivity contribution in [3.8, 4) is 5.75 Å². The van der Waals surface area contributed by atoms with Gasteiger partial charge in [0.2, 0.25) is 0 Å². The number of ether oxygens (including phenoxy) is 1. The Morgan fingerprint density at radius 3 is 2.71 bits per heavy atom. The zero-order valence-corrected chi connectivity index (χ0v) is 12.2. The second-order valence-corrected chi connectivity index (χ2v) is 5.49. The summed E-state index contributed by atoms with van der Waals surface area (Å²) in [5, 5.41) is 3.44. The average molecular weight is 301 g/mol. The molecule has 1 aliphatic rings. The van der Waals surface area contributed by atoms with Gasteiger partial charge in [0, 0.05) is 6.04 Å². The van der Waals surface area contributed by atoms with E-state index in [1.807, 2.05) is 0 Å². The van der Waals surface area contributed by atoms with Crippen LogP contribution in [0.3, 0.4) is 0 Å². The molecule has 1 aromatic rings. The fourth-order valence-corrected chi connectivity index (χ4v) is 3.06.